The van der Waals surface area contributed by atoms with Crippen LogP contribution in [-0.2, 0) is 0 Å². The van der Waals surface area contributed by atoms with E-state index in [0.29, 0.717) is 5.84 Å². The number of nitrogens with zero attached hydrogens (tertiary/aromatic N) is 2. The summed E-state index contributed by atoms with van der Waals surface area (Å²) in [6.45, 7) is 0. The molecule has 4 nitrogen and oxygen atoms in total. The third-order valence-electron chi connectivity index (χ3n) is 10.1. The molecule has 0 aliphatic carbocycles. The number of aliphatic imine (C=N–C) groups is 2. The van der Waals surface area contributed by atoms with Crippen molar-refractivity contribution in [3.05, 3.63) is 205 Å². The quantitative estimate of drug-likeness (QED) is 0.190. The molecule has 0 saturated heterocycles. The summed E-state index contributed by atoms with van der Waals surface area (Å²) in [5.41, 5.74) is 11.7. The summed E-state index contributed by atoms with van der Waals surface area (Å²) in [4.78, 5) is 10.4. The van der Waals surface area contributed by atoms with Gasteiger partial charge in [-0.2, -0.15) is 0 Å². The Hall–Kier alpha value is -7.04. The number of rotatable bonds is 6. The van der Waals surface area contributed by atoms with E-state index >= 15 is 0 Å². The van der Waals surface area contributed by atoms with Crippen LogP contribution >= 0.6 is 0 Å². The molecule has 0 amide bonds. The highest BCUT2D eigenvalue weighted by atomic mass is 16.3. The van der Waals surface area contributed by atoms with Crippen LogP contribution in [0.3, 0.4) is 0 Å². The minimum atomic E-state index is -0.376. The van der Waals surface area contributed by atoms with Crippen molar-refractivity contribution in [2.45, 2.75) is 6.17 Å². The van der Waals surface area contributed by atoms with Crippen molar-refractivity contribution >= 4 is 44.4 Å². The minimum absolute atomic E-state index is 0.376. The molecule has 53 heavy (non-hydrogen) atoms. The van der Waals surface area contributed by atoms with Gasteiger partial charge in [-0.1, -0.05) is 152 Å². The van der Waals surface area contributed by atoms with Gasteiger partial charge in [0.1, 0.15) is 23.2 Å². The summed E-state index contributed by atoms with van der Waals surface area (Å²) >= 11 is 0. The predicted octanol–water partition coefficient (Wildman–Crippen LogP) is 12.2. The number of hydrogen-bond acceptors (Lipinski definition) is 4. The normalized spacial score (nSPS) is 14.2. The topological polar surface area (TPSA) is 49.9 Å². The predicted molar refractivity (Wildman–Crippen MR) is 219 cm³/mol. The zero-order valence-electron chi connectivity index (χ0n) is 28.8. The Morgan fingerprint density at radius 3 is 1.68 bits per heavy atom. The maximum Gasteiger partial charge on any atom is 0.159 e. The Kier molecular flexibility index (Phi) is 7.51. The molecule has 250 valence electrons. The summed E-state index contributed by atoms with van der Waals surface area (Å²) in [7, 11) is 0. The fourth-order valence-electron chi connectivity index (χ4n) is 7.36. The van der Waals surface area contributed by atoms with Crippen molar-refractivity contribution in [2.24, 2.45) is 9.98 Å². The van der Waals surface area contributed by atoms with Gasteiger partial charge in [-0.05, 0) is 80.6 Å². The van der Waals surface area contributed by atoms with Gasteiger partial charge in [-0.3, -0.25) is 0 Å². The van der Waals surface area contributed by atoms with Crippen molar-refractivity contribution in [3.63, 3.8) is 0 Å². The van der Waals surface area contributed by atoms with Crippen LogP contribution in [0.2, 0.25) is 0 Å². The Balaban J connectivity index is 1.04. The number of fused-ring (bicyclic) bond motifs is 4. The third-order valence-corrected chi connectivity index (χ3v) is 10.1. The van der Waals surface area contributed by atoms with Crippen molar-refractivity contribution in [2.75, 3.05) is 0 Å². The van der Waals surface area contributed by atoms with Gasteiger partial charge >= 0.3 is 0 Å². The van der Waals surface area contributed by atoms with Gasteiger partial charge in [-0.15, -0.1) is 0 Å². The number of para-hydroxylation sites is 1. The third kappa shape index (κ3) is 5.86. The van der Waals surface area contributed by atoms with Crippen LogP contribution in [-0.4, -0.2) is 11.7 Å². The van der Waals surface area contributed by atoms with Crippen LogP contribution < -0.4 is 5.32 Å². The minimum Gasteiger partial charge on any atom is -0.456 e. The summed E-state index contributed by atoms with van der Waals surface area (Å²) in [5, 5.41) is 8.30. The Bertz CT molecular complexity index is 2870. The number of nitrogens with one attached hydrogen (secondary N) is 1. The van der Waals surface area contributed by atoms with E-state index in [1.807, 2.05) is 24.3 Å². The van der Waals surface area contributed by atoms with Gasteiger partial charge in [0, 0.05) is 27.5 Å². The summed E-state index contributed by atoms with van der Waals surface area (Å²) in [6.07, 6.45) is -0.376. The van der Waals surface area contributed by atoms with Gasteiger partial charge < -0.3 is 9.73 Å². The summed E-state index contributed by atoms with van der Waals surface area (Å²) < 4.78 is 6.29. The maximum atomic E-state index is 6.29. The first kappa shape index (κ1) is 30.8. The lowest BCUT2D eigenvalue weighted by atomic mass is 9.97. The average molecular weight is 680 g/mol. The lowest BCUT2D eigenvalue weighted by Crippen LogP contribution is -2.33. The van der Waals surface area contributed by atoms with Crippen molar-refractivity contribution in [1.82, 2.24) is 5.32 Å². The van der Waals surface area contributed by atoms with Crippen LogP contribution in [0.5, 0.6) is 0 Å². The molecule has 0 radical (unpaired) electrons. The highest BCUT2D eigenvalue weighted by molar-refractivity contribution is 6.14. The Morgan fingerprint density at radius 1 is 0.396 bits per heavy atom. The standard InChI is InChI=1S/C49H33N3O/c1-3-11-32(12-4-1)34-15-9-17-40(29-34)47-50-48(52-49(51-47)42-25-26-44-43-19-7-8-20-45(43)53-46(44)31-42)41-18-10-16-35(30-41)37-23-24-38-27-36(21-22-39(38)28-37)33-13-5-2-6-14-33/h1-31,49H,(H,50,51,52). The SMILES string of the molecule is c1ccc(-c2cccc(C3=NC(c4ccc5c(c4)oc4ccccc45)NC(c4cccc(-c5ccc6cc(-c7ccccc7)ccc6c5)c4)=N3)c2)cc1. The highest BCUT2D eigenvalue weighted by Crippen LogP contribution is 2.33. The number of furan rings is 1. The lowest BCUT2D eigenvalue weighted by molar-refractivity contribution is 0.655. The summed E-state index contributed by atoms with van der Waals surface area (Å²) in [5.74, 6) is 1.45. The molecule has 8 aromatic carbocycles. The Morgan fingerprint density at radius 2 is 0.943 bits per heavy atom. The van der Waals surface area contributed by atoms with Crippen LogP contribution in [0, 0.1) is 0 Å². The molecular formula is C49H33N3O. The van der Waals surface area contributed by atoms with Gasteiger partial charge in [0.2, 0.25) is 0 Å². The van der Waals surface area contributed by atoms with E-state index in [2.05, 4.69) is 169 Å². The molecule has 9 aromatic rings. The average Bonchev–Trinajstić information content (AvgIpc) is 3.62. The van der Waals surface area contributed by atoms with E-state index < -0.39 is 0 Å². The second-order valence-corrected chi connectivity index (χ2v) is 13.5. The van der Waals surface area contributed by atoms with Crippen molar-refractivity contribution in [1.29, 1.82) is 0 Å². The van der Waals surface area contributed by atoms with E-state index in [-0.39, 0.29) is 6.17 Å². The van der Waals surface area contributed by atoms with Crippen molar-refractivity contribution < 1.29 is 4.42 Å². The molecule has 1 atom stereocenters. The molecule has 0 saturated carbocycles. The maximum absolute atomic E-state index is 6.29. The summed E-state index contributed by atoms with van der Waals surface area (Å²) in [6, 6.07) is 66.0. The number of benzene rings is 8. The lowest BCUT2D eigenvalue weighted by Gasteiger charge is -2.24. The first-order valence-corrected chi connectivity index (χ1v) is 17.9. The molecule has 1 aliphatic heterocycles. The molecule has 0 bridgehead atoms. The molecule has 4 heteroatoms. The zero-order chi connectivity index (χ0) is 35.1. The van der Waals surface area contributed by atoms with Gasteiger partial charge in [0.05, 0.1) is 0 Å². The smallest absolute Gasteiger partial charge is 0.159 e. The molecule has 1 aliphatic rings. The van der Waals surface area contributed by atoms with E-state index in [0.717, 1.165) is 66.7 Å². The molecule has 1 aromatic heterocycles. The fraction of sp³-hybridized carbons (Fsp3) is 0.0204. The second-order valence-electron chi connectivity index (χ2n) is 13.5. The van der Waals surface area contributed by atoms with Crippen LogP contribution in [0.25, 0.3) is 66.1 Å². The largest absolute Gasteiger partial charge is 0.456 e. The van der Waals surface area contributed by atoms with E-state index in [9.17, 15) is 0 Å². The highest BCUT2D eigenvalue weighted by Gasteiger charge is 2.23. The first-order chi connectivity index (χ1) is 26.2. The Labute approximate surface area is 307 Å². The van der Waals surface area contributed by atoms with E-state index in [1.54, 1.807) is 0 Å². The molecule has 0 spiro atoms. The number of hydrogen-bond donors (Lipinski definition) is 1. The second kappa shape index (κ2) is 12.9. The molecule has 1 unspecified atom stereocenters. The van der Waals surface area contributed by atoms with Gasteiger partial charge in [0.25, 0.3) is 0 Å². The first-order valence-electron chi connectivity index (χ1n) is 17.9. The monoisotopic (exact) mass is 679 g/mol. The van der Waals surface area contributed by atoms with Crippen LogP contribution in [0.4, 0.5) is 0 Å². The molecule has 1 N–H and O–H groups in total. The van der Waals surface area contributed by atoms with Crippen LogP contribution in [0.1, 0.15) is 22.9 Å². The van der Waals surface area contributed by atoms with E-state index in [1.165, 1.54) is 21.9 Å². The molecule has 2 heterocycles. The van der Waals surface area contributed by atoms with Gasteiger partial charge in [0.15, 0.2) is 5.84 Å². The zero-order valence-corrected chi connectivity index (χ0v) is 28.8. The van der Waals surface area contributed by atoms with E-state index in [4.69, 9.17) is 14.4 Å². The molecule has 10 rings (SSSR count). The van der Waals surface area contributed by atoms with Crippen molar-refractivity contribution in [3.8, 4) is 33.4 Å². The van der Waals surface area contributed by atoms with Crippen LogP contribution in [0.15, 0.2) is 202 Å². The molecule has 0 fully saturated rings. The number of amidine groups is 2. The molecular weight excluding hydrogens is 647 g/mol. The fourth-order valence-corrected chi connectivity index (χ4v) is 7.36. The van der Waals surface area contributed by atoms with Gasteiger partial charge in [-0.25, -0.2) is 9.98 Å².